The van der Waals surface area contributed by atoms with Gasteiger partial charge in [-0.1, -0.05) is 36.4 Å². The molecule has 6 nitrogen and oxygen atoms in total. The van der Waals surface area contributed by atoms with Crippen molar-refractivity contribution in [2.24, 2.45) is 0 Å². The summed E-state index contributed by atoms with van der Waals surface area (Å²) in [7, 11) is 0. The van der Waals surface area contributed by atoms with Crippen molar-refractivity contribution >= 4 is 22.4 Å². The highest BCUT2D eigenvalue weighted by atomic mass is 16.5. The molecule has 0 aromatic heterocycles. The maximum absolute atomic E-state index is 13.3. The Morgan fingerprint density at radius 2 is 1.68 bits per heavy atom. The highest BCUT2D eigenvalue weighted by Gasteiger charge is 2.26. The molecule has 0 atom stereocenters. The Labute approximate surface area is 201 Å². The van der Waals surface area contributed by atoms with E-state index in [0.717, 1.165) is 42.5 Å². The van der Waals surface area contributed by atoms with Gasteiger partial charge in [0, 0.05) is 57.1 Å². The second-order valence-corrected chi connectivity index (χ2v) is 9.36. The number of anilines is 1. The number of phenols is 1. The number of hydrogen-bond donors (Lipinski definition) is 1. The van der Waals surface area contributed by atoms with E-state index in [-0.39, 0.29) is 11.7 Å². The average Bonchev–Trinajstić information content (AvgIpc) is 2.88. The molecule has 2 aliphatic rings. The van der Waals surface area contributed by atoms with Crippen molar-refractivity contribution in [3.63, 3.8) is 0 Å². The summed E-state index contributed by atoms with van der Waals surface area (Å²) < 4.78 is 5.40. The first kappa shape index (κ1) is 22.7. The SMILES string of the molecule is Cc1cccc(N2CCN(Cc3c(O)c(C(=O)N4CCOCC4)cc4ccccc34)CC2)c1C. The standard InChI is InChI=1S/C28H33N3O3/c1-20-6-5-9-26(21(20)2)30-12-10-29(11-13-30)19-25-23-8-4-3-7-22(23)18-24(27(25)32)28(33)31-14-16-34-17-15-31/h3-9,18,32H,10-17,19H2,1-2H3. The molecule has 0 aliphatic carbocycles. The van der Waals surface area contributed by atoms with E-state index >= 15 is 0 Å². The van der Waals surface area contributed by atoms with Crippen LogP contribution in [0.15, 0.2) is 48.5 Å². The molecule has 2 aliphatic heterocycles. The van der Waals surface area contributed by atoms with Crippen LogP contribution in [0.25, 0.3) is 10.8 Å². The number of carbonyl (C=O) groups excluding carboxylic acids is 1. The van der Waals surface area contributed by atoms with Gasteiger partial charge in [-0.2, -0.15) is 0 Å². The van der Waals surface area contributed by atoms with Gasteiger partial charge in [-0.05, 0) is 47.9 Å². The van der Waals surface area contributed by atoms with Crippen LogP contribution < -0.4 is 4.90 Å². The molecule has 6 heteroatoms. The first-order chi connectivity index (χ1) is 16.5. The quantitative estimate of drug-likeness (QED) is 0.640. The van der Waals surface area contributed by atoms with Gasteiger partial charge in [0.1, 0.15) is 5.75 Å². The van der Waals surface area contributed by atoms with Crippen molar-refractivity contribution in [3.8, 4) is 5.75 Å². The number of rotatable bonds is 4. The molecule has 0 spiro atoms. The number of nitrogens with zero attached hydrogens (tertiary/aromatic N) is 3. The van der Waals surface area contributed by atoms with E-state index in [1.165, 1.54) is 16.8 Å². The molecular formula is C28H33N3O3. The van der Waals surface area contributed by atoms with Gasteiger partial charge in [0.05, 0.1) is 18.8 Å². The fraction of sp³-hybridized carbons (Fsp3) is 0.393. The van der Waals surface area contributed by atoms with E-state index in [1.54, 1.807) is 4.90 Å². The normalized spacial score (nSPS) is 17.4. The van der Waals surface area contributed by atoms with Gasteiger partial charge in [-0.25, -0.2) is 0 Å². The van der Waals surface area contributed by atoms with Gasteiger partial charge in [0.25, 0.3) is 5.91 Å². The molecule has 0 unspecified atom stereocenters. The minimum absolute atomic E-state index is 0.118. The van der Waals surface area contributed by atoms with Crippen molar-refractivity contribution in [2.45, 2.75) is 20.4 Å². The number of benzene rings is 3. The molecule has 2 saturated heterocycles. The minimum atomic E-state index is -0.118. The number of piperazine rings is 1. The van der Waals surface area contributed by atoms with E-state index in [0.29, 0.717) is 38.4 Å². The summed E-state index contributed by atoms with van der Waals surface area (Å²) in [6.45, 7) is 10.9. The lowest BCUT2D eigenvalue weighted by Crippen LogP contribution is -2.46. The van der Waals surface area contributed by atoms with Crippen LogP contribution in [0.2, 0.25) is 0 Å². The molecule has 0 saturated carbocycles. The van der Waals surface area contributed by atoms with E-state index in [1.807, 2.05) is 30.3 Å². The third-order valence-electron chi connectivity index (χ3n) is 7.33. The van der Waals surface area contributed by atoms with Gasteiger partial charge in [-0.15, -0.1) is 0 Å². The second kappa shape index (κ2) is 9.65. The fourth-order valence-electron chi connectivity index (χ4n) is 5.12. The largest absolute Gasteiger partial charge is 0.507 e. The third-order valence-corrected chi connectivity index (χ3v) is 7.33. The average molecular weight is 460 g/mol. The molecule has 3 aromatic rings. The topological polar surface area (TPSA) is 56.2 Å². The maximum Gasteiger partial charge on any atom is 0.257 e. The fourth-order valence-corrected chi connectivity index (χ4v) is 5.12. The molecule has 0 bridgehead atoms. The van der Waals surface area contributed by atoms with Gasteiger partial charge >= 0.3 is 0 Å². The molecule has 178 valence electrons. The van der Waals surface area contributed by atoms with E-state index < -0.39 is 0 Å². The number of amides is 1. The molecule has 1 amide bonds. The first-order valence-electron chi connectivity index (χ1n) is 12.2. The summed E-state index contributed by atoms with van der Waals surface area (Å²) in [6.07, 6.45) is 0. The number of aromatic hydroxyl groups is 1. The first-order valence-corrected chi connectivity index (χ1v) is 12.2. The third kappa shape index (κ3) is 4.36. The van der Waals surface area contributed by atoms with E-state index in [9.17, 15) is 9.90 Å². The summed E-state index contributed by atoms with van der Waals surface area (Å²) in [5.41, 5.74) is 5.21. The highest BCUT2D eigenvalue weighted by molar-refractivity contribution is 6.03. The Hall–Kier alpha value is -3.09. The molecule has 2 heterocycles. The summed E-state index contributed by atoms with van der Waals surface area (Å²) in [5.74, 6) is -0.000282. The van der Waals surface area contributed by atoms with Crippen LogP contribution in [0.3, 0.4) is 0 Å². The molecule has 0 radical (unpaired) electrons. The molecule has 1 N–H and O–H groups in total. The van der Waals surface area contributed by atoms with Crippen LogP contribution >= 0.6 is 0 Å². The molecule has 3 aromatic carbocycles. The van der Waals surface area contributed by atoms with Crippen LogP contribution in [0.4, 0.5) is 5.69 Å². The van der Waals surface area contributed by atoms with Crippen molar-refractivity contribution in [2.75, 3.05) is 57.4 Å². The van der Waals surface area contributed by atoms with Crippen LogP contribution in [0.5, 0.6) is 5.75 Å². The predicted molar refractivity (Wildman–Crippen MR) is 136 cm³/mol. The second-order valence-electron chi connectivity index (χ2n) is 9.36. The summed E-state index contributed by atoms with van der Waals surface area (Å²) in [5, 5.41) is 13.3. The van der Waals surface area contributed by atoms with Crippen molar-refractivity contribution in [3.05, 3.63) is 70.8 Å². The van der Waals surface area contributed by atoms with E-state index in [4.69, 9.17) is 4.74 Å². The Morgan fingerprint density at radius 3 is 2.44 bits per heavy atom. The zero-order valence-electron chi connectivity index (χ0n) is 20.1. The lowest BCUT2D eigenvalue weighted by Gasteiger charge is -2.37. The Morgan fingerprint density at radius 1 is 0.941 bits per heavy atom. The molecule has 5 rings (SSSR count). The number of fused-ring (bicyclic) bond motifs is 1. The zero-order valence-corrected chi connectivity index (χ0v) is 20.1. The van der Waals surface area contributed by atoms with Gasteiger partial charge < -0.3 is 19.6 Å². The lowest BCUT2D eigenvalue weighted by atomic mass is 9.97. The number of morpholine rings is 1. The van der Waals surface area contributed by atoms with Gasteiger partial charge in [0.15, 0.2) is 0 Å². The Kier molecular flexibility index (Phi) is 6.44. The van der Waals surface area contributed by atoms with Gasteiger partial charge in [-0.3, -0.25) is 9.69 Å². The van der Waals surface area contributed by atoms with E-state index in [2.05, 4.69) is 41.8 Å². The summed E-state index contributed by atoms with van der Waals surface area (Å²) in [6, 6.07) is 16.4. The minimum Gasteiger partial charge on any atom is -0.507 e. The molecule has 2 fully saturated rings. The number of hydrogen-bond acceptors (Lipinski definition) is 5. The van der Waals surface area contributed by atoms with Crippen molar-refractivity contribution in [1.82, 2.24) is 9.80 Å². The van der Waals surface area contributed by atoms with Gasteiger partial charge in [0.2, 0.25) is 0 Å². The number of carbonyl (C=O) groups is 1. The number of phenolic OH excluding ortho intramolecular Hbond substituents is 1. The summed E-state index contributed by atoms with van der Waals surface area (Å²) >= 11 is 0. The molecular weight excluding hydrogens is 426 g/mol. The van der Waals surface area contributed by atoms with Crippen LogP contribution in [0, 0.1) is 13.8 Å². The Bertz CT molecular complexity index is 1190. The van der Waals surface area contributed by atoms with Crippen LogP contribution in [-0.2, 0) is 11.3 Å². The van der Waals surface area contributed by atoms with Crippen LogP contribution in [-0.4, -0.2) is 73.3 Å². The predicted octanol–water partition coefficient (Wildman–Crippen LogP) is 3.96. The lowest BCUT2D eigenvalue weighted by molar-refractivity contribution is 0.0301. The highest BCUT2D eigenvalue weighted by Crippen LogP contribution is 2.34. The zero-order chi connectivity index (χ0) is 23.7. The maximum atomic E-state index is 13.3. The Balaban J connectivity index is 1.39. The number of aryl methyl sites for hydroxylation is 1. The number of ether oxygens (including phenoxy) is 1. The summed E-state index contributed by atoms with van der Waals surface area (Å²) in [4.78, 5) is 19.9. The monoisotopic (exact) mass is 459 g/mol. The smallest absolute Gasteiger partial charge is 0.257 e. The van der Waals surface area contributed by atoms with Crippen molar-refractivity contribution < 1.29 is 14.6 Å². The van der Waals surface area contributed by atoms with Crippen molar-refractivity contribution in [1.29, 1.82) is 0 Å². The van der Waals surface area contributed by atoms with Crippen LogP contribution in [0.1, 0.15) is 27.0 Å². The molecule has 34 heavy (non-hydrogen) atoms.